The van der Waals surface area contributed by atoms with Gasteiger partial charge in [0.15, 0.2) is 0 Å². The van der Waals surface area contributed by atoms with Gasteiger partial charge in [-0.1, -0.05) is 25.4 Å². The molecule has 0 spiro atoms. The SMILES string of the molecule is CCN(CC)CCOc1ccc([B-](F)(F)F)c(F)c1.[K+]. The van der Waals surface area contributed by atoms with E-state index >= 15 is 0 Å². The van der Waals surface area contributed by atoms with Crippen molar-refractivity contribution in [1.82, 2.24) is 4.90 Å². The fraction of sp³-hybridized carbons (Fsp3) is 0.500. The summed E-state index contributed by atoms with van der Waals surface area (Å²) in [7, 11) is 0. The van der Waals surface area contributed by atoms with E-state index in [9.17, 15) is 17.3 Å². The van der Waals surface area contributed by atoms with Crippen molar-refractivity contribution in [3.05, 3.63) is 24.0 Å². The number of halogens is 4. The molecule has 0 radical (unpaired) electrons. The van der Waals surface area contributed by atoms with E-state index in [1.54, 1.807) is 0 Å². The van der Waals surface area contributed by atoms with E-state index < -0.39 is 18.3 Å². The summed E-state index contributed by atoms with van der Waals surface area (Å²) >= 11 is 0. The van der Waals surface area contributed by atoms with Crippen molar-refractivity contribution in [2.24, 2.45) is 0 Å². The Kier molecular flexibility index (Phi) is 9.61. The monoisotopic (exact) mass is 317 g/mol. The van der Waals surface area contributed by atoms with Crippen LogP contribution in [-0.2, 0) is 0 Å². The van der Waals surface area contributed by atoms with Gasteiger partial charge in [-0.05, 0) is 19.2 Å². The molecular formula is C12H17BF4KNO. The van der Waals surface area contributed by atoms with Gasteiger partial charge in [0.1, 0.15) is 12.4 Å². The number of rotatable bonds is 7. The standard InChI is InChI=1S/C12H17BF4NO.K/c1-3-18(4-2)7-8-19-10-5-6-11(12(14)9-10)13(15,16)17;/h5-6,9H,3-4,7-8H2,1-2H3;/q-1;+1. The maximum atomic E-state index is 13.3. The number of hydrogen-bond acceptors (Lipinski definition) is 2. The normalized spacial score (nSPS) is 11.3. The van der Waals surface area contributed by atoms with E-state index in [4.69, 9.17) is 4.74 Å². The minimum absolute atomic E-state index is 0. The molecule has 0 bridgehead atoms. The minimum atomic E-state index is -5.32. The second-order valence-electron chi connectivity index (χ2n) is 4.13. The summed E-state index contributed by atoms with van der Waals surface area (Å²) < 4.78 is 55.7. The van der Waals surface area contributed by atoms with Gasteiger partial charge in [-0.25, -0.2) is 4.39 Å². The maximum absolute atomic E-state index is 13.3. The Morgan fingerprint density at radius 3 is 2.20 bits per heavy atom. The van der Waals surface area contributed by atoms with Crippen LogP contribution in [0.2, 0.25) is 0 Å². The Balaban J connectivity index is 0.00000361. The molecule has 20 heavy (non-hydrogen) atoms. The zero-order valence-electron chi connectivity index (χ0n) is 12.0. The average molecular weight is 317 g/mol. The molecule has 0 unspecified atom stereocenters. The molecule has 0 aliphatic carbocycles. The summed E-state index contributed by atoms with van der Waals surface area (Å²) in [5.41, 5.74) is -1.21. The maximum Gasteiger partial charge on any atom is 1.00 e. The van der Waals surface area contributed by atoms with E-state index in [0.29, 0.717) is 13.2 Å². The number of likely N-dealkylation sites (N-methyl/N-ethyl adjacent to an activating group) is 1. The van der Waals surface area contributed by atoms with Crippen LogP contribution in [0.3, 0.4) is 0 Å². The van der Waals surface area contributed by atoms with Crippen LogP contribution in [0, 0.1) is 5.82 Å². The Morgan fingerprint density at radius 1 is 1.15 bits per heavy atom. The summed E-state index contributed by atoms with van der Waals surface area (Å²) in [4.78, 5) is 2.10. The Bertz CT molecular complexity index is 413. The van der Waals surface area contributed by atoms with Crippen LogP contribution < -0.4 is 61.6 Å². The Labute approximate surface area is 159 Å². The first kappa shape index (κ1) is 20.4. The van der Waals surface area contributed by atoms with Crippen LogP contribution in [-0.4, -0.2) is 38.1 Å². The second kappa shape index (κ2) is 9.42. The van der Waals surface area contributed by atoms with Crippen LogP contribution >= 0.6 is 0 Å². The molecule has 108 valence electrons. The van der Waals surface area contributed by atoms with Gasteiger partial charge in [0.25, 0.3) is 0 Å². The topological polar surface area (TPSA) is 12.5 Å². The van der Waals surface area contributed by atoms with Crippen molar-refractivity contribution in [3.63, 3.8) is 0 Å². The third kappa shape index (κ3) is 6.45. The van der Waals surface area contributed by atoms with Crippen molar-refractivity contribution < 1.29 is 73.5 Å². The molecule has 2 nitrogen and oxygen atoms in total. The van der Waals surface area contributed by atoms with Crippen molar-refractivity contribution in [2.75, 3.05) is 26.2 Å². The molecule has 0 heterocycles. The van der Waals surface area contributed by atoms with E-state index in [1.165, 1.54) is 0 Å². The van der Waals surface area contributed by atoms with Crippen LogP contribution in [0.4, 0.5) is 17.3 Å². The van der Waals surface area contributed by atoms with Crippen molar-refractivity contribution in [1.29, 1.82) is 0 Å². The number of nitrogens with zero attached hydrogens (tertiary/aromatic N) is 1. The molecule has 0 atom stereocenters. The second-order valence-corrected chi connectivity index (χ2v) is 4.13. The Morgan fingerprint density at radius 2 is 1.75 bits per heavy atom. The van der Waals surface area contributed by atoms with E-state index in [2.05, 4.69) is 4.90 Å². The van der Waals surface area contributed by atoms with Crippen LogP contribution in [0.1, 0.15) is 13.8 Å². The molecule has 0 saturated carbocycles. The average Bonchev–Trinajstić information content (AvgIpc) is 2.33. The molecule has 8 heteroatoms. The number of hydrogen-bond donors (Lipinski definition) is 0. The summed E-state index contributed by atoms with van der Waals surface area (Å²) in [5, 5.41) is 0. The molecule has 1 aromatic carbocycles. The third-order valence-electron chi connectivity index (χ3n) is 2.90. The summed E-state index contributed by atoms with van der Waals surface area (Å²) in [6, 6.07) is 2.66. The van der Waals surface area contributed by atoms with Gasteiger partial charge < -0.3 is 22.6 Å². The molecule has 0 fully saturated rings. The fourth-order valence-corrected chi connectivity index (χ4v) is 1.70. The van der Waals surface area contributed by atoms with E-state index in [0.717, 1.165) is 31.3 Å². The predicted molar refractivity (Wildman–Crippen MR) is 68.4 cm³/mol. The van der Waals surface area contributed by atoms with Crippen molar-refractivity contribution in [3.8, 4) is 5.75 Å². The molecule has 0 N–H and O–H groups in total. The zero-order valence-corrected chi connectivity index (χ0v) is 15.1. The Hall–Kier alpha value is 0.401. The van der Waals surface area contributed by atoms with Gasteiger partial charge in [-0.2, -0.15) is 0 Å². The first-order valence-corrected chi connectivity index (χ1v) is 6.23. The summed E-state index contributed by atoms with van der Waals surface area (Å²) in [5.74, 6) is -1.17. The molecule has 0 saturated heterocycles. The molecule has 0 aliphatic rings. The third-order valence-corrected chi connectivity index (χ3v) is 2.90. The molecule has 1 rings (SSSR count). The smallest absolute Gasteiger partial charge is 0.492 e. The predicted octanol–water partition coefficient (Wildman–Crippen LogP) is -0.395. The van der Waals surface area contributed by atoms with Gasteiger partial charge in [-0.15, -0.1) is 0 Å². The number of ether oxygens (including phenoxy) is 1. The van der Waals surface area contributed by atoms with Crippen LogP contribution in [0.25, 0.3) is 0 Å². The number of benzene rings is 1. The van der Waals surface area contributed by atoms with Gasteiger partial charge in [0.2, 0.25) is 0 Å². The van der Waals surface area contributed by atoms with E-state index in [1.807, 2.05) is 13.8 Å². The van der Waals surface area contributed by atoms with Crippen LogP contribution in [0.15, 0.2) is 18.2 Å². The summed E-state index contributed by atoms with van der Waals surface area (Å²) in [6.45, 7) is 1.39. The van der Waals surface area contributed by atoms with Gasteiger partial charge in [0, 0.05) is 12.6 Å². The van der Waals surface area contributed by atoms with Crippen LogP contribution in [0.5, 0.6) is 5.75 Å². The van der Waals surface area contributed by atoms with E-state index in [-0.39, 0.29) is 57.1 Å². The molecular weight excluding hydrogens is 300 g/mol. The van der Waals surface area contributed by atoms with Crippen molar-refractivity contribution in [2.45, 2.75) is 13.8 Å². The molecule has 0 aliphatic heterocycles. The van der Waals surface area contributed by atoms with Crippen molar-refractivity contribution >= 4 is 12.4 Å². The van der Waals surface area contributed by atoms with Gasteiger partial charge >= 0.3 is 58.4 Å². The van der Waals surface area contributed by atoms with Gasteiger partial charge in [0.05, 0.1) is 5.82 Å². The first-order chi connectivity index (χ1) is 8.88. The quantitative estimate of drug-likeness (QED) is 0.501. The fourth-order valence-electron chi connectivity index (χ4n) is 1.70. The summed E-state index contributed by atoms with van der Waals surface area (Å²) in [6.07, 6.45) is 0. The zero-order chi connectivity index (χ0) is 14.5. The first-order valence-electron chi connectivity index (χ1n) is 6.23. The largest absolute Gasteiger partial charge is 1.00 e. The molecule has 0 aromatic heterocycles. The minimum Gasteiger partial charge on any atom is -0.492 e. The molecule has 1 aromatic rings. The molecule has 0 amide bonds. The van der Waals surface area contributed by atoms with Gasteiger partial charge in [-0.3, -0.25) is 0 Å².